The van der Waals surface area contributed by atoms with Crippen molar-refractivity contribution in [1.29, 1.82) is 0 Å². The van der Waals surface area contributed by atoms with Crippen LogP contribution in [0, 0.1) is 11.2 Å². The average molecular weight is 280 g/mol. The molecule has 1 fully saturated rings. The van der Waals surface area contributed by atoms with Crippen LogP contribution in [0.25, 0.3) is 0 Å². The fraction of sp³-hybridized carbons (Fsp3) is 0.533. The predicted octanol–water partition coefficient (Wildman–Crippen LogP) is 2.30. The summed E-state index contributed by atoms with van der Waals surface area (Å²) in [6.45, 7) is 6.35. The number of ether oxygens (including phenoxy) is 1. The fourth-order valence-electron chi connectivity index (χ4n) is 2.63. The first-order valence-corrected chi connectivity index (χ1v) is 6.79. The topological polar surface area (TPSA) is 64.3 Å². The quantitative estimate of drug-likeness (QED) is 0.889. The van der Waals surface area contributed by atoms with Crippen molar-refractivity contribution >= 4 is 11.6 Å². The van der Waals surface area contributed by atoms with Gasteiger partial charge in [0, 0.05) is 24.1 Å². The Morgan fingerprint density at radius 2 is 2.25 bits per heavy atom. The first kappa shape index (κ1) is 14.9. The minimum Gasteiger partial charge on any atom is -0.378 e. The summed E-state index contributed by atoms with van der Waals surface area (Å²) in [4.78, 5) is 12.4. The smallest absolute Gasteiger partial charge is 0.245 e. The van der Waals surface area contributed by atoms with Crippen molar-refractivity contribution in [3.63, 3.8) is 0 Å². The molecule has 1 aliphatic carbocycles. The minimum atomic E-state index is -1.00. The standard InChI is InChI=1S/C15H21FN2O2/c1-4-20-12-9-15(17,14(12,2)3)13(19)18-11-7-5-6-10(16)8-11/h5-8,12H,4,9,17H2,1-3H3,(H,18,19). The van der Waals surface area contributed by atoms with Crippen LogP contribution in [0.4, 0.5) is 10.1 Å². The summed E-state index contributed by atoms with van der Waals surface area (Å²) in [7, 11) is 0. The van der Waals surface area contributed by atoms with Crippen LogP contribution in [0.1, 0.15) is 27.2 Å². The molecule has 0 aromatic heterocycles. The zero-order valence-electron chi connectivity index (χ0n) is 12.1. The Labute approximate surface area is 118 Å². The predicted molar refractivity (Wildman–Crippen MR) is 75.8 cm³/mol. The van der Waals surface area contributed by atoms with Crippen LogP contribution in [-0.4, -0.2) is 24.2 Å². The molecule has 0 bridgehead atoms. The van der Waals surface area contributed by atoms with Crippen LogP contribution in [-0.2, 0) is 9.53 Å². The summed E-state index contributed by atoms with van der Waals surface area (Å²) in [5.41, 5.74) is 5.20. The molecule has 1 aromatic rings. The summed E-state index contributed by atoms with van der Waals surface area (Å²) >= 11 is 0. The maximum Gasteiger partial charge on any atom is 0.245 e. The Morgan fingerprint density at radius 1 is 1.55 bits per heavy atom. The molecule has 1 aromatic carbocycles. The number of hydrogen-bond acceptors (Lipinski definition) is 3. The highest BCUT2D eigenvalue weighted by molar-refractivity contribution is 5.99. The van der Waals surface area contributed by atoms with E-state index in [4.69, 9.17) is 10.5 Å². The maximum atomic E-state index is 13.1. The van der Waals surface area contributed by atoms with Crippen LogP contribution in [0.3, 0.4) is 0 Å². The van der Waals surface area contributed by atoms with Crippen LogP contribution < -0.4 is 11.1 Å². The van der Waals surface area contributed by atoms with Crippen molar-refractivity contribution in [2.75, 3.05) is 11.9 Å². The molecule has 0 spiro atoms. The van der Waals surface area contributed by atoms with Gasteiger partial charge in [-0.1, -0.05) is 19.9 Å². The summed E-state index contributed by atoms with van der Waals surface area (Å²) in [6.07, 6.45) is 0.436. The highest BCUT2D eigenvalue weighted by Crippen LogP contribution is 2.50. The van der Waals surface area contributed by atoms with E-state index in [0.717, 1.165) is 0 Å². The summed E-state index contributed by atoms with van der Waals surface area (Å²) in [6, 6.07) is 5.78. The van der Waals surface area contributed by atoms with E-state index in [9.17, 15) is 9.18 Å². The molecule has 110 valence electrons. The summed E-state index contributed by atoms with van der Waals surface area (Å²) in [5, 5.41) is 2.68. The number of nitrogens with one attached hydrogen (secondary N) is 1. The van der Waals surface area contributed by atoms with Crippen molar-refractivity contribution in [1.82, 2.24) is 0 Å². The van der Waals surface area contributed by atoms with Crippen molar-refractivity contribution in [2.24, 2.45) is 11.1 Å². The van der Waals surface area contributed by atoms with Crippen LogP contribution >= 0.6 is 0 Å². The number of carbonyl (C=O) groups is 1. The lowest BCUT2D eigenvalue weighted by molar-refractivity contribution is -0.166. The molecule has 1 amide bonds. The summed E-state index contributed by atoms with van der Waals surface area (Å²) in [5.74, 6) is -0.696. The van der Waals surface area contributed by atoms with Gasteiger partial charge in [-0.05, 0) is 25.1 Å². The molecular weight excluding hydrogens is 259 g/mol. The zero-order chi connectivity index (χ0) is 15.0. The second kappa shape index (κ2) is 5.14. The molecule has 0 saturated heterocycles. The Bertz CT molecular complexity index is 518. The number of rotatable bonds is 4. The lowest BCUT2D eigenvalue weighted by atomic mass is 9.54. The normalized spacial score (nSPS) is 27.8. The van der Waals surface area contributed by atoms with Crippen molar-refractivity contribution < 1.29 is 13.9 Å². The van der Waals surface area contributed by atoms with E-state index in [0.29, 0.717) is 18.7 Å². The van der Waals surface area contributed by atoms with Gasteiger partial charge in [-0.2, -0.15) is 0 Å². The van der Waals surface area contributed by atoms with E-state index in [2.05, 4.69) is 5.32 Å². The molecule has 4 nitrogen and oxygen atoms in total. The van der Waals surface area contributed by atoms with Gasteiger partial charge in [-0.15, -0.1) is 0 Å². The van der Waals surface area contributed by atoms with Crippen LogP contribution in [0.15, 0.2) is 24.3 Å². The van der Waals surface area contributed by atoms with Gasteiger partial charge < -0.3 is 15.8 Å². The Morgan fingerprint density at radius 3 is 2.80 bits per heavy atom. The van der Waals surface area contributed by atoms with Crippen molar-refractivity contribution in [3.8, 4) is 0 Å². The van der Waals surface area contributed by atoms with Crippen molar-refractivity contribution in [3.05, 3.63) is 30.1 Å². The monoisotopic (exact) mass is 280 g/mol. The molecule has 1 aliphatic rings. The van der Waals surface area contributed by atoms with E-state index in [1.165, 1.54) is 12.1 Å². The number of nitrogens with two attached hydrogens (primary N) is 1. The van der Waals surface area contributed by atoms with Gasteiger partial charge in [0.05, 0.1) is 6.10 Å². The van der Waals surface area contributed by atoms with Gasteiger partial charge in [0.15, 0.2) is 0 Å². The molecule has 5 heteroatoms. The third kappa shape index (κ3) is 2.31. The molecule has 2 unspecified atom stereocenters. The highest BCUT2D eigenvalue weighted by Gasteiger charge is 2.62. The van der Waals surface area contributed by atoms with Crippen LogP contribution in [0.5, 0.6) is 0 Å². The lowest BCUT2D eigenvalue weighted by Gasteiger charge is -2.57. The maximum absolute atomic E-state index is 13.1. The van der Waals surface area contributed by atoms with E-state index < -0.39 is 16.8 Å². The first-order chi connectivity index (χ1) is 9.31. The number of carbonyl (C=O) groups excluding carboxylic acids is 1. The molecule has 0 aliphatic heterocycles. The fourth-order valence-corrected chi connectivity index (χ4v) is 2.63. The Kier molecular flexibility index (Phi) is 3.84. The third-order valence-electron chi connectivity index (χ3n) is 4.32. The molecule has 2 atom stereocenters. The SMILES string of the molecule is CCOC1CC(N)(C(=O)Nc2cccc(F)c2)C1(C)C. The molecule has 20 heavy (non-hydrogen) atoms. The van der Waals surface area contributed by atoms with E-state index in [-0.39, 0.29) is 12.0 Å². The second-order valence-corrected chi connectivity index (χ2v) is 5.81. The van der Waals surface area contributed by atoms with Gasteiger partial charge in [-0.3, -0.25) is 4.79 Å². The Hall–Kier alpha value is -1.46. The van der Waals surface area contributed by atoms with E-state index in [1.807, 2.05) is 20.8 Å². The highest BCUT2D eigenvalue weighted by atomic mass is 19.1. The average Bonchev–Trinajstić information content (AvgIpc) is 2.38. The Balaban J connectivity index is 2.10. The first-order valence-electron chi connectivity index (χ1n) is 6.79. The number of halogens is 1. The van der Waals surface area contributed by atoms with Gasteiger partial charge in [-0.25, -0.2) is 4.39 Å². The zero-order valence-corrected chi connectivity index (χ0v) is 12.1. The molecule has 0 heterocycles. The lowest BCUT2D eigenvalue weighted by Crippen LogP contribution is -2.74. The molecule has 2 rings (SSSR count). The third-order valence-corrected chi connectivity index (χ3v) is 4.32. The van der Waals surface area contributed by atoms with Gasteiger partial charge in [0.2, 0.25) is 5.91 Å². The molecule has 1 saturated carbocycles. The van der Waals surface area contributed by atoms with Crippen LogP contribution in [0.2, 0.25) is 0 Å². The minimum absolute atomic E-state index is 0.0317. The number of anilines is 1. The van der Waals surface area contributed by atoms with E-state index in [1.54, 1.807) is 12.1 Å². The van der Waals surface area contributed by atoms with Gasteiger partial charge in [0.1, 0.15) is 11.4 Å². The number of benzene rings is 1. The molecule has 0 radical (unpaired) electrons. The van der Waals surface area contributed by atoms with Gasteiger partial charge in [0.25, 0.3) is 0 Å². The van der Waals surface area contributed by atoms with E-state index >= 15 is 0 Å². The second-order valence-electron chi connectivity index (χ2n) is 5.81. The molecular formula is C15H21FN2O2. The van der Waals surface area contributed by atoms with Gasteiger partial charge >= 0.3 is 0 Å². The largest absolute Gasteiger partial charge is 0.378 e. The summed E-state index contributed by atoms with van der Waals surface area (Å²) < 4.78 is 18.7. The van der Waals surface area contributed by atoms with Crippen molar-refractivity contribution in [2.45, 2.75) is 38.8 Å². The molecule has 3 N–H and O–H groups in total. The number of amides is 1. The number of hydrogen-bond donors (Lipinski definition) is 2.